The SMILES string of the molecule is CCn1c(N/N=C(/C)c2ccc(Cl)cc2Cl)nc2ccccc2c1=O. The van der Waals surface area contributed by atoms with Gasteiger partial charge < -0.3 is 0 Å². The quantitative estimate of drug-likeness (QED) is 0.537. The second kappa shape index (κ2) is 7.25. The zero-order valence-corrected chi connectivity index (χ0v) is 15.3. The molecule has 25 heavy (non-hydrogen) atoms. The number of hydrazone groups is 1. The molecular weight excluding hydrogens is 359 g/mol. The molecule has 7 heteroatoms. The minimum absolute atomic E-state index is 0.104. The lowest BCUT2D eigenvalue weighted by atomic mass is 10.1. The van der Waals surface area contributed by atoms with Crippen LogP contribution < -0.4 is 11.0 Å². The van der Waals surface area contributed by atoms with Crippen LogP contribution in [0.25, 0.3) is 10.9 Å². The van der Waals surface area contributed by atoms with E-state index in [4.69, 9.17) is 23.2 Å². The summed E-state index contributed by atoms with van der Waals surface area (Å²) in [5.41, 5.74) is 4.82. The first kappa shape index (κ1) is 17.5. The molecule has 3 aromatic rings. The molecule has 1 heterocycles. The number of halogens is 2. The van der Waals surface area contributed by atoms with Gasteiger partial charge in [-0.2, -0.15) is 5.10 Å². The van der Waals surface area contributed by atoms with Crippen LogP contribution in [0.3, 0.4) is 0 Å². The second-order valence-electron chi connectivity index (χ2n) is 5.44. The summed E-state index contributed by atoms with van der Waals surface area (Å²) >= 11 is 12.1. The van der Waals surface area contributed by atoms with Crippen molar-refractivity contribution in [1.29, 1.82) is 0 Å². The molecule has 0 aliphatic heterocycles. The first-order chi connectivity index (χ1) is 12.0. The molecule has 0 aliphatic rings. The molecule has 0 fully saturated rings. The Hall–Kier alpha value is -2.37. The average molecular weight is 375 g/mol. The maximum absolute atomic E-state index is 12.6. The van der Waals surface area contributed by atoms with E-state index >= 15 is 0 Å². The van der Waals surface area contributed by atoms with Crippen molar-refractivity contribution in [3.8, 4) is 0 Å². The zero-order chi connectivity index (χ0) is 18.0. The van der Waals surface area contributed by atoms with E-state index in [2.05, 4.69) is 15.5 Å². The second-order valence-corrected chi connectivity index (χ2v) is 6.28. The molecule has 128 valence electrons. The van der Waals surface area contributed by atoms with Crippen LogP contribution in [-0.2, 0) is 6.54 Å². The van der Waals surface area contributed by atoms with Crippen LogP contribution >= 0.6 is 23.2 Å². The maximum Gasteiger partial charge on any atom is 0.262 e. The van der Waals surface area contributed by atoms with Crippen LogP contribution in [0.2, 0.25) is 10.0 Å². The summed E-state index contributed by atoms with van der Waals surface area (Å²) < 4.78 is 1.54. The molecule has 0 bridgehead atoms. The molecule has 0 spiro atoms. The van der Waals surface area contributed by atoms with Crippen LogP contribution in [0.5, 0.6) is 0 Å². The van der Waals surface area contributed by atoms with Gasteiger partial charge in [0, 0.05) is 17.1 Å². The Labute approximate surface area is 154 Å². The van der Waals surface area contributed by atoms with E-state index in [9.17, 15) is 4.79 Å². The fourth-order valence-electron chi connectivity index (χ4n) is 2.52. The van der Waals surface area contributed by atoms with Gasteiger partial charge in [-0.1, -0.05) is 41.4 Å². The van der Waals surface area contributed by atoms with Gasteiger partial charge >= 0.3 is 0 Å². The normalized spacial score (nSPS) is 11.8. The van der Waals surface area contributed by atoms with E-state index in [0.717, 1.165) is 5.56 Å². The van der Waals surface area contributed by atoms with E-state index in [1.54, 1.807) is 34.9 Å². The van der Waals surface area contributed by atoms with Gasteiger partial charge in [0.25, 0.3) is 5.56 Å². The molecular formula is C18H16Cl2N4O. The number of para-hydroxylation sites is 1. The van der Waals surface area contributed by atoms with E-state index < -0.39 is 0 Å². The third-order valence-electron chi connectivity index (χ3n) is 3.82. The molecule has 2 aromatic carbocycles. The number of anilines is 1. The summed E-state index contributed by atoms with van der Waals surface area (Å²) in [6.07, 6.45) is 0. The number of hydrogen-bond acceptors (Lipinski definition) is 4. The Balaban J connectivity index is 2.01. The van der Waals surface area contributed by atoms with Crippen LogP contribution in [0.4, 0.5) is 5.95 Å². The third kappa shape index (κ3) is 3.52. The summed E-state index contributed by atoms with van der Waals surface area (Å²) in [7, 11) is 0. The van der Waals surface area contributed by atoms with Gasteiger partial charge in [0.05, 0.1) is 21.6 Å². The van der Waals surface area contributed by atoms with Gasteiger partial charge in [-0.3, -0.25) is 9.36 Å². The summed E-state index contributed by atoms with van der Waals surface area (Å²) in [6, 6.07) is 12.4. The molecule has 1 N–H and O–H groups in total. The lowest BCUT2D eigenvalue weighted by Gasteiger charge is -2.11. The Morgan fingerprint density at radius 2 is 2.00 bits per heavy atom. The smallest absolute Gasteiger partial charge is 0.262 e. The Morgan fingerprint density at radius 1 is 1.24 bits per heavy atom. The average Bonchev–Trinajstić information content (AvgIpc) is 2.60. The third-order valence-corrected chi connectivity index (χ3v) is 4.37. The molecule has 3 rings (SSSR count). The molecule has 0 amide bonds. The minimum atomic E-state index is -0.104. The monoisotopic (exact) mass is 374 g/mol. The van der Waals surface area contributed by atoms with Crippen molar-refractivity contribution < 1.29 is 0 Å². The van der Waals surface area contributed by atoms with E-state index in [-0.39, 0.29) is 5.56 Å². The van der Waals surface area contributed by atoms with Gasteiger partial charge in [-0.15, -0.1) is 0 Å². The predicted molar refractivity (Wildman–Crippen MR) is 104 cm³/mol. The molecule has 5 nitrogen and oxygen atoms in total. The zero-order valence-electron chi connectivity index (χ0n) is 13.8. The molecule has 0 saturated heterocycles. The topological polar surface area (TPSA) is 59.3 Å². The number of nitrogens with one attached hydrogen (secondary N) is 1. The molecule has 0 aliphatic carbocycles. The van der Waals surface area contributed by atoms with Crippen molar-refractivity contribution in [2.45, 2.75) is 20.4 Å². The van der Waals surface area contributed by atoms with Gasteiger partial charge in [-0.25, -0.2) is 10.4 Å². The van der Waals surface area contributed by atoms with E-state index in [0.29, 0.717) is 39.2 Å². The van der Waals surface area contributed by atoms with Crippen LogP contribution in [-0.4, -0.2) is 15.3 Å². The Kier molecular flexibility index (Phi) is 5.06. The Morgan fingerprint density at radius 3 is 2.72 bits per heavy atom. The highest BCUT2D eigenvalue weighted by Gasteiger charge is 2.10. The first-order valence-corrected chi connectivity index (χ1v) is 8.52. The van der Waals surface area contributed by atoms with Crippen molar-refractivity contribution in [2.24, 2.45) is 5.10 Å². The standard InChI is InChI=1S/C18H16Cl2N4O/c1-3-24-17(25)14-6-4-5-7-16(14)21-18(24)23-22-11(2)13-9-8-12(19)10-15(13)20/h4-10H,3H2,1-2H3,(H,21,23)/b22-11-. The molecule has 0 saturated carbocycles. The summed E-state index contributed by atoms with van der Waals surface area (Å²) in [4.78, 5) is 17.1. The number of fused-ring (bicyclic) bond motifs is 1. The van der Waals surface area contributed by atoms with Crippen molar-refractivity contribution in [2.75, 3.05) is 5.43 Å². The van der Waals surface area contributed by atoms with Gasteiger partial charge in [0.1, 0.15) is 0 Å². The van der Waals surface area contributed by atoms with E-state index in [1.807, 2.05) is 26.0 Å². The Bertz CT molecular complexity index is 1030. The largest absolute Gasteiger partial charge is 0.277 e. The summed E-state index contributed by atoms with van der Waals surface area (Å²) in [5.74, 6) is 0.385. The number of nitrogens with zero attached hydrogens (tertiary/aromatic N) is 3. The number of benzene rings is 2. The van der Waals surface area contributed by atoms with Gasteiger partial charge in [0.2, 0.25) is 5.95 Å². The maximum atomic E-state index is 12.6. The van der Waals surface area contributed by atoms with Gasteiger partial charge in [-0.05, 0) is 38.1 Å². The van der Waals surface area contributed by atoms with Crippen molar-refractivity contribution in [1.82, 2.24) is 9.55 Å². The minimum Gasteiger partial charge on any atom is -0.277 e. The van der Waals surface area contributed by atoms with Crippen molar-refractivity contribution >= 4 is 45.8 Å². The van der Waals surface area contributed by atoms with Crippen LogP contribution in [0, 0.1) is 0 Å². The summed E-state index contributed by atoms with van der Waals surface area (Å²) in [5, 5.41) is 5.98. The number of aromatic nitrogens is 2. The first-order valence-electron chi connectivity index (χ1n) is 7.76. The summed E-state index contributed by atoms with van der Waals surface area (Å²) in [6.45, 7) is 4.18. The van der Waals surface area contributed by atoms with Crippen LogP contribution in [0.1, 0.15) is 19.4 Å². The van der Waals surface area contributed by atoms with Gasteiger partial charge in [0.15, 0.2) is 0 Å². The molecule has 0 radical (unpaired) electrons. The number of rotatable bonds is 4. The fourth-order valence-corrected chi connectivity index (χ4v) is 3.07. The van der Waals surface area contributed by atoms with Crippen molar-refractivity contribution in [3.05, 3.63) is 68.4 Å². The highest BCUT2D eigenvalue weighted by Crippen LogP contribution is 2.21. The van der Waals surface area contributed by atoms with E-state index in [1.165, 1.54) is 0 Å². The molecule has 1 aromatic heterocycles. The lowest BCUT2D eigenvalue weighted by molar-refractivity contribution is 0.724. The lowest BCUT2D eigenvalue weighted by Crippen LogP contribution is -2.23. The number of hydrogen-bond donors (Lipinski definition) is 1. The van der Waals surface area contributed by atoms with Crippen molar-refractivity contribution in [3.63, 3.8) is 0 Å². The molecule has 0 unspecified atom stereocenters. The fraction of sp³-hybridized carbons (Fsp3) is 0.167. The highest BCUT2D eigenvalue weighted by atomic mass is 35.5. The molecule has 0 atom stereocenters. The highest BCUT2D eigenvalue weighted by molar-refractivity contribution is 6.37. The van der Waals surface area contributed by atoms with Crippen LogP contribution in [0.15, 0.2) is 52.4 Å². The predicted octanol–water partition coefficient (Wildman–Crippen LogP) is 4.56.